The number of oxazole rings is 1. The molecule has 0 aliphatic heterocycles. The molecular formula is C25H26ClF4N3O4. The third-order valence-electron chi connectivity index (χ3n) is 5.62. The largest absolute Gasteiger partial charge is 0.489 e. The van der Waals surface area contributed by atoms with Gasteiger partial charge in [0.2, 0.25) is 5.89 Å². The second-order valence-corrected chi connectivity index (χ2v) is 8.71. The third-order valence-corrected chi connectivity index (χ3v) is 5.62. The summed E-state index contributed by atoms with van der Waals surface area (Å²) in [6.45, 7) is -1.22. The summed E-state index contributed by atoms with van der Waals surface area (Å²) in [4.78, 5) is 18.7. The molecule has 1 aliphatic carbocycles. The zero-order valence-electron chi connectivity index (χ0n) is 20.0. The summed E-state index contributed by atoms with van der Waals surface area (Å²) >= 11 is 0. The molecule has 0 unspecified atom stereocenters. The van der Waals surface area contributed by atoms with Crippen molar-refractivity contribution in [2.24, 2.45) is 11.7 Å². The van der Waals surface area contributed by atoms with Crippen molar-refractivity contribution in [3.8, 4) is 23.0 Å². The van der Waals surface area contributed by atoms with E-state index in [2.05, 4.69) is 9.72 Å². The van der Waals surface area contributed by atoms with Gasteiger partial charge in [0.15, 0.2) is 23.0 Å². The van der Waals surface area contributed by atoms with Crippen molar-refractivity contribution < 1.29 is 36.2 Å². The van der Waals surface area contributed by atoms with Crippen LogP contribution in [0.4, 0.5) is 17.6 Å². The Kier molecular flexibility index (Phi) is 9.03. The summed E-state index contributed by atoms with van der Waals surface area (Å²) < 4.78 is 69.0. The van der Waals surface area contributed by atoms with Crippen LogP contribution in [-0.2, 0) is 6.54 Å². The molecule has 1 heterocycles. The molecule has 37 heavy (non-hydrogen) atoms. The van der Waals surface area contributed by atoms with Crippen LogP contribution in [0, 0.1) is 17.6 Å². The fourth-order valence-electron chi connectivity index (χ4n) is 3.51. The number of hydrogen-bond acceptors (Lipinski definition) is 6. The maximum Gasteiger partial charge on any atom is 0.387 e. The van der Waals surface area contributed by atoms with Crippen LogP contribution < -0.4 is 15.2 Å². The van der Waals surface area contributed by atoms with E-state index in [4.69, 9.17) is 14.9 Å². The number of hydrogen-bond donors (Lipinski definition) is 1. The number of halogens is 5. The lowest BCUT2D eigenvalue weighted by Gasteiger charge is -2.17. The number of nitrogens with zero attached hydrogens (tertiary/aromatic N) is 2. The van der Waals surface area contributed by atoms with E-state index in [1.807, 2.05) is 0 Å². The Bertz CT molecular complexity index is 1250. The van der Waals surface area contributed by atoms with Gasteiger partial charge in [0.1, 0.15) is 11.6 Å². The molecule has 4 rings (SSSR count). The van der Waals surface area contributed by atoms with Gasteiger partial charge in [-0.2, -0.15) is 8.78 Å². The first-order valence-electron chi connectivity index (χ1n) is 11.3. The van der Waals surface area contributed by atoms with Gasteiger partial charge in [-0.15, -0.1) is 12.4 Å². The minimum Gasteiger partial charge on any atom is -0.489 e. The number of rotatable bonds is 10. The fraction of sp³-hybridized carbons (Fsp3) is 0.360. The average Bonchev–Trinajstić information content (AvgIpc) is 3.54. The van der Waals surface area contributed by atoms with Gasteiger partial charge in [0, 0.05) is 30.8 Å². The minimum absolute atomic E-state index is 0. The number of amides is 1. The van der Waals surface area contributed by atoms with Crippen LogP contribution in [0.15, 0.2) is 40.8 Å². The van der Waals surface area contributed by atoms with E-state index in [0.29, 0.717) is 18.1 Å². The fourth-order valence-corrected chi connectivity index (χ4v) is 3.51. The van der Waals surface area contributed by atoms with Gasteiger partial charge in [-0.25, -0.2) is 13.8 Å². The highest BCUT2D eigenvalue weighted by Crippen LogP contribution is 2.37. The van der Waals surface area contributed by atoms with Crippen LogP contribution in [0.2, 0.25) is 0 Å². The van der Waals surface area contributed by atoms with Gasteiger partial charge in [-0.3, -0.25) is 4.79 Å². The molecule has 1 atom stereocenters. The number of carbonyl (C=O) groups is 1. The second kappa shape index (κ2) is 11.8. The Morgan fingerprint density at radius 1 is 1.19 bits per heavy atom. The topological polar surface area (TPSA) is 90.8 Å². The second-order valence-electron chi connectivity index (χ2n) is 8.71. The number of alkyl halides is 2. The molecule has 1 aromatic heterocycles. The van der Waals surface area contributed by atoms with Crippen molar-refractivity contribution in [2.45, 2.75) is 39.0 Å². The van der Waals surface area contributed by atoms with Crippen LogP contribution >= 0.6 is 12.4 Å². The standard InChI is InChI=1S/C25H25F4N3O4.ClH/c1-13(30)22-21(24(33)32(2)11-16-5-7-17(26)10-18(16)27)31-23(36-22)15-6-8-19(35-25(28)29)20(9-15)34-12-14-3-4-14;/h5-10,13-14,25H,3-4,11-12,30H2,1-2H3;1H/t13-;/m0./s1. The molecule has 2 N–H and O–H groups in total. The van der Waals surface area contributed by atoms with Crippen LogP contribution in [0.5, 0.6) is 11.5 Å². The van der Waals surface area contributed by atoms with Crippen molar-refractivity contribution in [3.63, 3.8) is 0 Å². The monoisotopic (exact) mass is 543 g/mol. The normalized spacial score (nSPS) is 13.7. The van der Waals surface area contributed by atoms with Crippen molar-refractivity contribution in [3.05, 3.63) is 65.1 Å². The predicted octanol–water partition coefficient (Wildman–Crippen LogP) is 5.72. The number of carbonyl (C=O) groups excluding carboxylic acids is 1. The molecule has 1 aliphatic rings. The molecule has 0 radical (unpaired) electrons. The molecule has 2 aromatic carbocycles. The maximum atomic E-state index is 14.1. The number of aromatic nitrogens is 1. The van der Waals surface area contributed by atoms with Gasteiger partial charge in [0.05, 0.1) is 12.6 Å². The lowest BCUT2D eigenvalue weighted by molar-refractivity contribution is -0.0515. The third kappa shape index (κ3) is 6.92. The van der Waals surface area contributed by atoms with E-state index in [1.165, 1.54) is 36.2 Å². The Hall–Kier alpha value is -3.31. The molecule has 7 nitrogen and oxygen atoms in total. The first-order chi connectivity index (χ1) is 17.1. The van der Waals surface area contributed by atoms with Gasteiger partial charge < -0.3 is 24.5 Å². The Morgan fingerprint density at radius 3 is 2.54 bits per heavy atom. The molecule has 1 amide bonds. The van der Waals surface area contributed by atoms with Crippen molar-refractivity contribution >= 4 is 18.3 Å². The summed E-state index contributed by atoms with van der Waals surface area (Å²) in [5.41, 5.74) is 6.39. The Morgan fingerprint density at radius 2 is 1.92 bits per heavy atom. The van der Waals surface area contributed by atoms with Crippen LogP contribution in [-0.4, -0.2) is 36.1 Å². The molecule has 0 saturated heterocycles. The van der Waals surface area contributed by atoms with Crippen molar-refractivity contribution in [1.82, 2.24) is 9.88 Å². The van der Waals surface area contributed by atoms with Crippen LogP contribution in [0.25, 0.3) is 11.5 Å². The number of ether oxygens (including phenoxy) is 2. The van der Waals surface area contributed by atoms with E-state index in [1.54, 1.807) is 6.92 Å². The van der Waals surface area contributed by atoms with Crippen molar-refractivity contribution in [1.29, 1.82) is 0 Å². The smallest absolute Gasteiger partial charge is 0.387 e. The molecule has 1 saturated carbocycles. The number of nitrogens with two attached hydrogens (primary N) is 1. The van der Waals surface area contributed by atoms with Crippen molar-refractivity contribution in [2.75, 3.05) is 13.7 Å². The van der Waals surface area contributed by atoms with E-state index >= 15 is 0 Å². The molecule has 3 aromatic rings. The lowest BCUT2D eigenvalue weighted by Crippen LogP contribution is -2.28. The molecule has 12 heteroatoms. The average molecular weight is 544 g/mol. The predicted molar refractivity (Wildman–Crippen MR) is 129 cm³/mol. The van der Waals surface area contributed by atoms with Gasteiger partial charge in [-0.05, 0) is 49.9 Å². The summed E-state index contributed by atoms with van der Waals surface area (Å²) in [7, 11) is 1.44. The highest BCUT2D eigenvalue weighted by Gasteiger charge is 2.27. The number of benzene rings is 2. The highest BCUT2D eigenvalue weighted by molar-refractivity contribution is 5.93. The molecule has 200 valence electrons. The summed E-state index contributed by atoms with van der Waals surface area (Å²) in [5.74, 6) is -1.66. The Labute approximate surface area is 217 Å². The zero-order chi connectivity index (χ0) is 26.0. The van der Waals surface area contributed by atoms with Gasteiger partial charge in [-0.1, -0.05) is 6.07 Å². The maximum absolute atomic E-state index is 14.1. The van der Waals surface area contributed by atoms with Gasteiger partial charge >= 0.3 is 6.61 Å². The first-order valence-corrected chi connectivity index (χ1v) is 11.3. The van der Waals surface area contributed by atoms with E-state index in [0.717, 1.165) is 25.0 Å². The summed E-state index contributed by atoms with van der Waals surface area (Å²) in [5, 5.41) is 0. The summed E-state index contributed by atoms with van der Waals surface area (Å²) in [6, 6.07) is 6.58. The van der Waals surface area contributed by atoms with E-state index < -0.39 is 30.2 Å². The SMILES string of the molecule is C[C@H](N)c1oc(-c2ccc(OC(F)F)c(OCC3CC3)c2)nc1C(=O)N(C)Cc1ccc(F)cc1F.Cl. The Balaban J connectivity index is 0.00000380. The lowest BCUT2D eigenvalue weighted by atomic mass is 10.1. The highest BCUT2D eigenvalue weighted by atomic mass is 35.5. The van der Waals surface area contributed by atoms with Crippen LogP contribution in [0.1, 0.15) is 47.6 Å². The summed E-state index contributed by atoms with van der Waals surface area (Å²) in [6.07, 6.45) is 2.01. The van der Waals surface area contributed by atoms with Crippen LogP contribution in [0.3, 0.4) is 0 Å². The molecule has 1 fully saturated rings. The first kappa shape index (κ1) is 28.3. The molecule has 0 spiro atoms. The van der Waals surface area contributed by atoms with Gasteiger partial charge in [0.25, 0.3) is 5.91 Å². The molecular weight excluding hydrogens is 518 g/mol. The minimum atomic E-state index is -3.03. The zero-order valence-corrected chi connectivity index (χ0v) is 20.9. The van der Waals surface area contributed by atoms with E-state index in [9.17, 15) is 22.4 Å². The van der Waals surface area contributed by atoms with E-state index in [-0.39, 0.29) is 53.4 Å². The molecule has 0 bridgehead atoms. The quantitative estimate of drug-likeness (QED) is 0.329.